The molecule has 0 aliphatic heterocycles. The second-order valence-corrected chi connectivity index (χ2v) is 7.78. The Morgan fingerprint density at radius 1 is 1.17 bits per heavy atom. The van der Waals surface area contributed by atoms with Gasteiger partial charge < -0.3 is 10.4 Å². The van der Waals surface area contributed by atoms with Gasteiger partial charge in [0.15, 0.2) is 0 Å². The molecule has 4 N–H and O–H groups in total. The highest BCUT2D eigenvalue weighted by Crippen LogP contribution is 2.09. The maximum atomic E-state index is 12.1. The summed E-state index contributed by atoms with van der Waals surface area (Å²) in [4.78, 5) is 12.1. The van der Waals surface area contributed by atoms with Gasteiger partial charge in [0.2, 0.25) is 5.91 Å². The highest BCUT2D eigenvalue weighted by atomic mass is 16.3. The van der Waals surface area contributed by atoms with Crippen LogP contribution in [0.2, 0.25) is 0 Å². The molecule has 1 amide bonds. The highest BCUT2D eigenvalue weighted by Gasteiger charge is 2.24. The second-order valence-electron chi connectivity index (χ2n) is 7.78. The van der Waals surface area contributed by atoms with Gasteiger partial charge in [-0.1, -0.05) is 44.2 Å². The van der Waals surface area contributed by atoms with Crippen molar-refractivity contribution in [2.75, 3.05) is 6.54 Å². The molecule has 0 unspecified atom stereocenters. The summed E-state index contributed by atoms with van der Waals surface area (Å²) in [5, 5.41) is 13.4. The van der Waals surface area contributed by atoms with Gasteiger partial charge in [0.25, 0.3) is 0 Å². The van der Waals surface area contributed by atoms with Crippen molar-refractivity contribution in [2.45, 2.75) is 65.1 Å². The summed E-state index contributed by atoms with van der Waals surface area (Å²) < 4.78 is 0. The Balaban J connectivity index is 2.66. The normalized spacial score (nSPS) is 14.5. The number of carbonyl (C=O) groups excluding carboxylic acids is 1. The summed E-state index contributed by atoms with van der Waals surface area (Å²) in [7, 11) is 0. The first-order valence-corrected chi connectivity index (χ1v) is 8.69. The Morgan fingerprint density at radius 3 is 2.33 bits per heavy atom. The lowest BCUT2D eigenvalue weighted by Crippen LogP contribution is -2.51. The van der Waals surface area contributed by atoms with Gasteiger partial charge in [-0.15, -0.1) is 0 Å². The van der Waals surface area contributed by atoms with E-state index in [1.54, 1.807) is 0 Å². The van der Waals surface area contributed by atoms with Crippen LogP contribution in [0.3, 0.4) is 0 Å². The smallest absolute Gasteiger partial charge is 0.223 e. The fourth-order valence-corrected chi connectivity index (χ4v) is 2.35. The van der Waals surface area contributed by atoms with Crippen molar-refractivity contribution in [3.63, 3.8) is 0 Å². The molecule has 136 valence electrons. The van der Waals surface area contributed by atoms with E-state index in [9.17, 15) is 9.90 Å². The van der Waals surface area contributed by atoms with E-state index in [1.807, 2.05) is 51.1 Å². The Kier molecular flexibility index (Phi) is 8.39. The molecule has 0 bridgehead atoms. The van der Waals surface area contributed by atoms with Crippen molar-refractivity contribution >= 4 is 5.91 Å². The van der Waals surface area contributed by atoms with Crippen molar-refractivity contribution in [1.29, 1.82) is 0 Å². The summed E-state index contributed by atoms with van der Waals surface area (Å²) in [6, 6.07) is 9.74. The van der Waals surface area contributed by atoms with Crippen LogP contribution in [-0.4, -0.2) is 35.2 Å². The van der Waals surface area contributed by atoms with E-state index in [2.05, 4.69) is 30.0 Å². The predicted octanol–water partition coefficient (Wildman–Crippen LogP) is 2.01. The quantitative estimate of drug-likeness (QED) is 0.521. The standard InChI is InChI=1S/C19H33N3O2/c1-14(2)13-20-22-16(11-15-9-7-6-8-10-15)17(23)12-18(24)21-19(3,4)5/h6-10,14,16-17,20,22-23H,11-13H2,1-5H3,(H,21,24)/t16-,17-/m0/s1. The van der Waals surface area contributed by atoms with Crippen LogP contribution >= 0.6 is 0 Å². The molecule has 5 heteroatoms. The molecule has 24 heavy (non-hydrogen) atoms. The maximum absolute atomic E-state index is 12.1. The van der Waals surface area contributed by atoms with Gasteiger partial charge in [0.05, 0.1) is 18.6 Å². The molecule has 0 fully saturated rings. The zero-order chi connectivity index (χ0) is 18.2. The molecular weight excluding hydrogens is 302 g/mol. The van der Waals surface area contributed by atoms with E-state index in [4.69, 9.17) is 0 Å². The Morgan fingerprint density at radius 2 is 1.79 bits per heavy atom. The van der Waals surface area contributed by atoms with Gasteiger partial charge in [0.1, 0.15) is 0 Å². The number of hydrazine groups is 1. The van der Waals surface area contributed by atoms with Crippen molar-refractivity contribution in [1.82, 2.24) is 16.2 Å². The predicted molar refractivity (Wildman–Crippen MR) is 98.4 cm³/mol. The number of amides is 1. The van der Waals surface area contributed by atoms with Gasteiger partial charge in [-0.2, -0.15) is 0 Å². The lowest BCUT2D eigenvalue weighted by molar-refractivity contribution is -0.124. The number of benzene rings is 1. The largest absolute Gasteiger partial charge is 0.391 e. The van der Waals surface area contributed by atoms with E-state index >= 15 is 0 Å². The fourth-order valence-electron chi connectivity index (χ4n) is 2.35. The summed E-state index contributed by atoms with van der Waals surface area (Å²) in [6.07, 6.45) is -0.0479. The summed E-state index contributed by atoms with van der Waals surface area (Å²) >= 11 is 0. The van der Waals surface area contributed by atoms with Crippen LogP contribution in [0.1, 0.15) is 46.6 Å². The van der Waals surface area contributed by atoms with Crippen LogP contribution in [0.15, 0.2) is 30.3 Å². The molecule has 0 aliphatic carbocycles. The monoisotopic (exact) mass is 335 g/mol. The molecule has 0 aliphatic rings. The van der Waals surface area contributed by atoms with Gasteiger partial charge >= 0.3 is 0 Å². The number of aliphatic hydroxyl groups is 1. The summed E-state index contributed by atoms with van der Waals surface area (Å²) in [5.74, 6) is 0.356. The molecule has 0 spiro atoms. The van der Waals surface area contributed by atoms with Crippen molar-refractivity contribution in [2.24, 2.45) is 5.92 Å². The van der Waals surface area contributed by atoms with Crippen molar-refractivity contribution in [3.05, 3.63) is 35.9 Å². The first-order chi connectivity index (χ1) is 11.2. The lowest BCUT2D eigenvalue weighted by atomic mass is 9.99. The molecule has 0 aromatic heterocycles. The van der Waals surface area contributed by atoms with E-state index < -0.39 is 6.10 Å². The van der Waals surface area contributed by atoms with Crippen LogP contribution in [0, 0.1) is 5.92 Å². The zero-order valence-corrected chi connectivity index (χ0v) is 15.6. The van der Waals surface area contributed by atoms with E-state index in [0.717, 1.165) is 12.1 Å². The Labute approximate surface area is 146 Å². The molecule has 1 aromatic rings. The third-order valence-corrected chi connectivity index (χ3v) is 3.47. The zero-order valence-electron chi connectivity index (χ0n) is 15.6. The molecule has 0 saturated heterocycles. The SMILES string of the molecule is CC(C)CNN[C@@H](Cc1ccccc1)[C@@H](O)CC(=O)NC(C)(C)C. The van der Waals surface area contributed by atoms with Crippen molar-refractivity contribution < 1.29 is 9.90 Å². The maximum Gasteiger partial charge on any atom is 0.223 e. The number of aliphatic hydroxyl groups excluding tert-OH is 1. The first kappa shape index (κ1) is 20.6. The van der Waals surface area contributed by atoms with E-state index in [-0.39, 0.29) is 23.9 Å². The van der Waals surface area contributed by atoms with Gasteiger partial charge in [-0.25, -0.2) is 0 Å². The van der Waals surface area contributed by atoms with Gasteiger partial charge in [0, 0.05) is 12.1 Å². The van der Waals surface area contributed by atoms with Crippen LogP contribution < -0.4 is 16.2 Å². The first-order valence-electron chi connectivity index (χ1n) is 8.69. The number of nitrogens with one attached hydrogen (secondary N) is 3. The lowest BCUT2D eigenvalue weighted by Gasteiger charge is -2.27. The molecule has 1 aromatic carbocycles. The van der Waals surface area contributed by atoms with Crippen LogP contribution in [0.4, 0.5) is 0 Å². The van der Waals surface area contributed by atoms with Crippen LogP contribution in [0.25, 0.3) is 0 Å². The van der Waals surface area contributed by atoms with Crippen molar-refractivity contribution in [3.8, 4) is 0 Å². The number of carbonyl (C=O) groups is 1. The second kappa shape index (κ2) is 9.77. The van der Waals surface area contributed by atoms with E-state index in [0.29, 0.717) is 12.3 Å². The minimum Gasteiger partial charge on any atom is -0.391 e. The molecule has 5 nitrogen and oxygen atoms in total. The average Bonchev–Trinajstić information content (AvgIpc) is 2.44. The minimum atomic E-state index is -0.771. The fraction of sp³-hybridized carbons (Fsp3) is 0.632. The molecule has 2 atom stereocenters. The highest BCUT2D eigenvalue weighted by molar-refractivity contribution is 5.77. The minimum absolute atomic E-state index is 0.0745. The van der Waals surface area contributed by atoms with E-state index in [1.165, 1.54) is 0 Å². The molecule has 1 rings (SSSR count). The van der Waals surface area contributed by atoms with Crippen LogP contribution in [0.5, 0.6) is 0 Å². The number of hydrogen-bond acceptors (Lipinski definition) is 4. The third kappa shape index (κ3) is 9.01. The van der Waals surface area contributed by atoms with Gasteiger partial charge in [-0.3, -0.25) is 15.6 Å². The third-order valence-electron chi connectivity index (χ3n) is 3.47. The topological polar surface area (TPSA) is 73.4 Å². The summed E-state index contributed by atoms with van der Waals surface area (Å²) in [5.41, 5.74) is 7.18. The number of rotatable bonds is 9. The molecule has 0 radical (unpaired) electrons. The van der Waals surface area contributed by atoms with Crippen LogP contribution in [-0.2, 0) is 11.2 Å². The molecule has 0 saturated carbocycles. The average molecular weight is 335 g/mol. The number of hydrogen-bond donors (Lipinski definition) is 4. The molecule has 0 heterocycles. The van der Waals surface area contributed by atoms with Gasteiger partial charge in [-0.05, 0) is 38.7 Å². The Hall–Kier alpha value is -1.43. The summed E-state index contributed by atoms with van der Waals surface area (Å²) in [6.45, 7) is 10.8. The Bertz CT molecular complexity index is 483. The molecular formula is C19H33N3O2.